The zero-order valence-corrected chi connectivity index (χ0v) is 14.6. The molecule has 0 N–H and O–H groups in total. The molecular formula is C17H17BrClNO2. The van der Waals surface area contributed by atoms with Gasteiger partial charge >= 0.3 is 0 Å². The normalized spacial score (nSPS) is 10.5. The minimum Gasteiger partial charge on any atom is -0.367 e. The van der Waals surface area contributed by atoms with E-state index in [0.717, 1.165) is 15.6 Å². The van der Waals surface area contributed by atoms with Gasteiger partial charge in [-0.25, -0.2) is 0 Å². The summed E-state index contributed by atoms with van der Waals surface area (Å²) < 4.78 is 6.46. The number of likely N-dealkylation sites (N-methyl/N-ethyl adjacent to an activating group) is 1. The number of hydrogen-bond donors (Lipinski definition) is 0. The van der Waals surface area contributed by atoms with Crippen LogP contribution in [0.5, 0.6) is 0 Å². The number of carbonyl (C=O) groups excluding carboxylic acids is 1. The predicted octanol–water partition coefficient (Wildman–Crippen LogP) is 4.28. The van der Waals surface area contributed by atoms with Crippen molar-refractivity contribution in [2.24, 2.45) is 0 Å². The fourth-order valence-electron chi connectivity index (χ4n) is 1.94. The molecule has 0 bridgehead atoms. The quantitative estimate of drug-likeness (QED) is 0.746. The molecule has 1 amide bonds. The first-order chi connectivity index (χ1) is 10.6. The third-order valence-electron chi connectivity index (χ3n) is 3.23. The van der Waals surface area contributed by atoms with E-state index in [2.05, 4.69) is 15.9 Å². The molecule has 0 fully saturated rings. The Balaban J connectivity index is 1.82. The van der Waals surface area contributed by atoms with Crippen molar-refractivity contribution in [3.63, 3.8) is 0 Å². The van der Waals surface area contributed by atoms with Crippen molar-refractivity contribution in [2.45, 2.75) is 13.2 Å². The average Bonchev–Trinajstić information content (AvgIpc) is 2.51. The van der Waals surface area contributed by atoms with Gasteiger partial charge < -0.3 is 9.64 Å². The number of carbonyl (C=O) groups is 1. The van der Waals surface area contributed by atoms with E-state index in [1.165, 1.54) is 0 Å². The van der Waals surface area contributed by atoms with Crippen LogP contribution in [0.15, 0.2) is 53.0 Å². The molecule has 0 heterocycles. The Morgan fingerprint density at radius 2 is 1.77 bits per heavy atom. The van der Waals surface area contributed by atoms with Crippen LogP contribution in [0.1, 0.15) is 11.1 Å². The van der Waals surface area contributed by atoms with E-state index in [0.29, 0.717) is 18.2 Å². The third-order valence-corrected chi connectivity index (χ3v) is 4.37. The van der Waals surface area contributed by atoms with E-state index in [-0.39, 0.29) is 12.5 Å². The van der Waals surface area contributed by atoms with Crippen molar-refractivity contribution in [3.05, 3.63) is 69.2 Å². The predicted molar refractivity (Wildman–Crippen MR) is 91.7 cm³/mol. The molecule has 2 rings (SSSR count). The Labute approximate surface area is 144 Å². The van der Waals surface area contributed by atoms with E-state index in [9.17, 15) is 4.79 Å². The molecule has 0 saturated carbocycles. The summed E-state index contributed by atoms with van der Waals surface area (Å²) in [4.78, 5) is 13.7. The van der Waals surface area contributed by atoms with E-state index in [1.807, 2.05) is 42.5 Å². The van der Waals surface area contributed by atoms with Gasteiger partial charge in [0.25, 0.3) is 0 Å². The summed E-state index contributed by atoms with van der Waals surface area (Å²) in [6.45, 7) is 0.899. The molecule has 0 saturated heterocycles. The van der Waals surface area contributed by atoms with Crippen LogP contribution in [-0.4, -0.2) is 24.5 Å². The van der Waals surface area contributed by atoms with Crippen molar-refractivity contribution in [1.29, 1.82) is 0 Å². The number of hydrogen-bond acceptors (Lipinski definition) is 2. The first-order valence-corrected chi connectivity index (χ1v) is 8.03. The van der Waals surface area contributed by atoms with Gasteiger partial charge in [-0.2, -0.15) is 0 Å². The molecule has 0 atom stereocenters. The lowest BCUT2D eigenvalue weighted by molar-refractivity contribution is -0.135. The number of ether oxygens (including phenoxy) is 1. The highest BCUT2D eigenvalue weighted by Gasteiger charge is 2.11. The molecule has 0 aliphatic carbocycles. The number of nitrogens with zero attached hydrogens (tertiary/aromatic N) is 1. The van der Waals surface area contributed by atoms with E-state index < -0.39 is 0 Å². The highest BCUT2D eigenvalue weighted by atomic mass is 79.9. The van der Waals surface area contributed by atoms with Gasteiger partial charge in [-0.05, 0) is 23.3 Å². The minimum absolute atomic E-state index is 0.0339. The van der Waals surface area contributed by atoms with Gasteiger partial charge in [-0.3, -0.25) is 4.79 Å². The smallest absolute Gasteiger partial charge is 0.248 e. The highest BCUT2D eigenvalue weighted by molar-refractivity contribution is 9.10. The summed E-state index contributed by atoms with van der Waals surface area (Å²) in [5.41, 5.74) is 1.94. The summed E-state index contributed by atoms with van der Waals surface area (Å²) in [5.74, 6) is -0.0668. The van der Waals surface area contributed by atoms with Crippen molar-refractivity contribution >= 4 is 33.4 Å². The van der Waals surface area contributed by atoms with Crippen LogP contribution in [0, 0.1) is 0 Å². The van der Waals surface area contributed by atoms with Crippen molar-refractivity contribution in [1.82, 2.24) is 4.90 Å². The van der Waals surface area contributed by atoms with Gasteiger partial charge in [0.2, 0.25) is 5.91 Å². The fourth-order valence-corrected chi connectivity index (χ4v) is 2.54. The van der Waals surface area contributed by atoms with Crippen molar-refractivity contribution in [2.75, 3.05) is 13.7 Å². The first kappa shape index (κ1) is 17.0. The van der Waals surface area contributed by atoms with Gasteiger partial charge in [0.05, 0.1) is 6.61 Å². The Kier molecular flexibility index (Phi) is 6.43. The van der Waals surface area contributed by atoms with Gasteiger partial charge in [-0.15, -0.1) is 0 Å². The lowest BCUT2D eigenvalue weighted by atomic mass is 10.2. The molecule has 3 nitrogen and oxygen atoms in total. The maximum atomic E-state index is 12.1. The average molecular weight is 383 g/mol. The molecule has 0 radical (unpaired) electrons. The number of halogens is 2. The van der Waals surface area contributed by atoms with Crippen LogP contribution in [0.2, 0.25) is 5.02 Å². The maximum absolute atomic E-state index is 12.1. The summed E-state index contributed by atoms with van der Waals surface area (Å²) in [7, 11) is 1.76. The SMILES string of the molecule is CN(Cc1ccccc1Br)C(=O)COCc1ccccc1Cl. The first-order valence-electron chi connectivity index (χ1n) is 6.86. The second-order valence-corrected chi connectivity index (χ2v) is 6.19. The topological polar surface area (TPSA) is 29.5 Å². The van der Waals surface area contributed by atoms with Gasteiger partial charge in [0.1, 0.15) is 6.61 Å². The monoisotopic (exact) mass is 381 g/mol. The molecule has 0 spiro atoms. The van der Waals surface area contributed by atoms with Crippen LogP contribution in [0.4, 0.5) is 0 Å². The number of amides is 1. The van der Waals surface area contributed by atoms with Gasteiger partial charge in [-0.1, -0.05) is 63.9 Å². The molecule has 0 aliphatic rings. The second kappa shape index (κ2) is 8.32. The third kappa shape index (κ3) is 4.83. The molecule has 2 aromatic carbocycles. The van der Waals surface area contributed by atoms with Crippen LogP contribution in [0.25, 0.3) is 0 Å². The molecular weight excluding hydrogens is 366 g/mol. The van der Waals surface area contributed by atoms with E-state index in [4.69, 9.17) is 16.3 Å². The van der Waals surface area contributed by atoms with E-state index >= 15 is 0 Å². The van der Waals surface area contributed by atoms with E-state index in [1.54, 1.807) is 18.0 Å². The molecule has 0 aliphatic heterocycles. The van der Waals surface area contributed by atoms with Crippen molar-refractivity contribution < 1.29 is 9.53 Å². The van der Waals surface area contributed by atoms with Crippen LogP contribution in [-0.2, 0) is 22.7 Å². The Morgan fingerprint density at radius 1 is 1.14 bits per heavy atom. The number of rotatable bonds is 6. The largest absolute Gasteiger partial charge is 0.367 e. The molecule has 116 valence electrons. The fraction of sp³-hybridized carbons (Fsp3) is 0.235. The molecule has 22 heavy (non-hydrogen) atoms. The lowest BCUT2D eigenvalue weighted by Crippen LogP contribution is -2.29. The molecule has 0 aromatic heterocycles. The number of benzene rings is 2. The standard InChI is InChI=1S/C17H17BrClNO2/c1-20(10-13-6-2-4-8-15(13)18)17(21)12-22-11-14-7-3-5-9-16(14)19/h2-9H,10-12H2,1H3. The Morgan fingerprint density at radius 3 is 2.45 bits per heavy atom. The molecule has 2 aromatic rings. The summed E-state index contributed by atoms with van der Waals surface area (Å²) in [6, 6.07) is 15.3. The van der Waals surface area contributed by atoms with Crippen LogP contribution < -0.4 is 0 Å². The highest BCUT2D eigenvalue weighted by Crippen LogP contribution is 2.18. The minimum atomic E-state index is -0.0668. The van der Waals surface area contributed by atoms with Crippen molar-refractivity contribution in [3.8, 4) is 0 Å². The zero-order chi connectivity index (χ0) is 15.9. The van der Waals surface area contributed by atoms with Crippen LogP contribution in [0.3, 0.4) is 0 Å². The maximum Gasteiger partial charge on any atom is 0.248 e. The van der Waals surface area contributed by atoms with Crippen LogP contribution >= 0.6 is 27.5 Å². The Hall–Kier alpha value is -1.36. The summed E-state index contributed by atoms with van der Waals surface area (Å²) in [6.07, 6.45) is 0. The second-order valence-electron chi connectivity index (χ2n) is 4.93. The van der Waals surface area contributed by atoms with Gasteiger partial charge in [0.15, 0.2) is 0 Å². The van der Waals surface area contributed by atoms with Gasteiger partial charge in [0, 0.05) is 23.1 Å². The lowest BCUT2D eigenvalue weighted by Gasteiger charge is -2.18. The zero-order valence-electron chi connectivity index (χ0n) is 12.3. The molecule has 0 unspecified atom stereocenters. The Bertz CT molecular complexity index is 648. The summed E-state index contributed by atoms with van der Waals surface area (Å²) >= 11 is 9.53. The summed E-state index contributed by atoms with van der Waals surface area (Å²) in [5, 5.41) is 0.650. The molecule has 5 heteroatoms.